The Balaban J connectivity index is 1.45. The van der Waals surface area contributed by atoms with Crippen molar-refractivity contribution in [1.29, 1.82) is 0 Å². The first-order valence-corrected chi connectivity index (χ1v) is 12.4. The normalized spacial score (nSPS) is 32.5. The number of rotatable bonds is 4. The fourth-order valence-electron chi connectivity index (χ4n) is 7.48. The van der Waals surface area contributed by atoms with Crippen LogP contribution in [0.15, 0.2) is 79.4 Å². The van der Waals surface area contributed by atoms with Gasteiger partial charge in [-0.25, -0.2) is 14.5 Å². The van der Waals surface area contributed by atoms with Gasteiger partial charge in [0.2, 0.25) is 0 Å². The maximum absolute atomic E-state index is 14.4. The average molecular weight is 501 g/mol. The number of carbonyl (C=O) groups excluding carboxylic acids is 3. The summed E-state index contributed by atoms with van der Waals surface area (Å²) in [5.41, 5.74) is 0.0464. The predicted molar refractivity (Wildman–Crippen MR) is 134 cm³/mol. The van der Waals surface area contributed by atoms with Gasteiger partial charge in [0.1, 0.15) is 12.0 Å². The highest BCUT2D eigenvalue weighted by Crippen LogP contribution is 2.70. The van der Waals surface area contributed by atoms with Crippen molar-refractivity contribution >= 4 is 23.8 Å². The van der Waals surface area contributed by atoms with Crippen LogP contribution in [0.5, 0.6) is 0 Å². The predicted octanol–water partition coefficient (Wildman–Crippen LogP) is 3.66. The zero-order chi connectivity index (χ0) is 25.9. The van der Waals surface area contributed by atoms with Crippen LogP contribution in [0.3, 0.4) is 0 Å². The second-order valence-electron chi connectivity index (χ2n) is 10.2. The van der Waals surface area contributed by atoms with E-state index in [0.717, 1.165) is 10.5 Å². The molecule has 2 heterocycles. The van der Waals surface area contributed by atoms with E-state index in [4.69, 9.17) is 9.47 Å². The highest BCUT2D eigenvalue weighted by molar-refractivity contribution is 6.22. The summed E-state index contributed by atoms with van der Waals surface area (Å²) >= 11 is 0. The van der Waals surface area contributed by atoms with Crippen molar-refractivity contribution in [3.8, 4) is 0 Å². The summed E-state index contributed by atoms with van der Waals surface area (Å²) in [5, 5.41) is 10.4. The number of ether oxygens (including phenoxy) is 2. The van der Waals surface area contributed by atoms with Gasteiger partial charge in [-0.15, -0.1) is 6.58 Å². The third-order valence-electron chi connectivity index (χ3n) is 8.84. The molecule has 1 N–H and O–H groups in total. The molecule has 0 aromatic heterocycles. The number of anilines is 1. The SMILES string of the molecule is C=CC12CN(C(=O)OC)[C@@H]3[C@@H](CO)[C@H]1C=C[C@]1(C(=O)N(C(=O)OCc4ccccc4)c4ccccc41)[C@@H]32. The number of benzene rings is 2. The number of hydrogen-bond donors (Lipinski definition) is 1. The maximum Gasteiger partial charge on any atom is 0.421 e. The van der Waals surface area contributed by atoms with Gasteiger partial charge in [0, 0.05) is 36.4 Å². The number of piperidine rings is 1. The lowest BCUT2D eigenvalue weighted by atomic mass is 9.56. The van der Waals surface area contributed by atoms with Crippen LogP contribution < -0.4 is 4.90 Å². The van der Waals surface area contributed by atoms with Gasteiger partial charge < -0.3 is 19.5 Å². The van der Waals surface area contributed by atoms with Gasteiger partial charge in [-0.1, -0.05) is 66.8 Å². The quantitative estimate of drug-likeness (QED) is 0.644. The Labute approximate surface area is 214 Å². The molecule has 2 fully saturated rings. The highest BCUT2D eigenvalue weighted by Gasteiger charge is 2.76. The summed E-state index contributed by atoms with van der Waals surface area (Å²) in [6.07, 6.45) is 4.41. The Morgan fingerprint density at radius 2 is 1.86 bits per heavy atom. The van der Waals surface area contributed by atoms with Crippen LogP contribution in [0.2, 0.25) is 0 Å². The lowest BCUT2D eigenvalue weighted by Gasteiger charge is -2.45. The molecule has 1 saturated heterocycles. The van der Waals surface area contributed by atoms with Gasteiger partial charge in [0.15, 0.2) is 0 Å². The van der Waals surface area contributed by atoms with Gasteiger partial charge in [-0.05, 0) is 23.1 Å². The van der Waals surface area contributed by atoms with Crippen molar-refractivity contribution in [2.75, 3.05) is 25.2 Å². The standard InChI is InChI=1S/C29H28N2O6/c1-3-28-17-30(26(34)36-2)23-19(15-32)20(28)13-14-29(24(23)28)21-11-7-8-12-22(21)31(25(29)33)27(35)37-16-18-9-5-4-6-10-18/h3-14,19-20,23-24,32H,1,15-17H2,2H3/t19-,20+,23+,24-,28?,29+/m0/s1. The number of para-hydroxylation sites is 1. The Morgan fingerprint density at radius 3 is 2.57 bits per heavy atom. The fraction of sp³-hybridized carbons (Fsp3) is 0.345. The molecule has 2 aliphatic heterocycles. The molecule has 4 aliphatic rings. The van der Waals surface area contributed by atoms with E-state index in [1.807, 2.05) is 60.7 Å². The van der Waals surface area contributed by atoms with Crippen LogP contribution in [-0.4, -0.2) is 54.4 Å². The molecule has 1 unspecified atom stereocenters. The zero-order valence-electron chi connectivity index (χ0n) is 20.4. The van der Waals surface area contributed by atoms with Gasteiger partial charge in [0.05, 0.1) is 12.8 Å². The molecule has 1 spiro atoms. The minimum absolute atomic E-state index is 0.0297. The summed E-state index contributed by atoms with van der Waals surface area (Å²) in [6, 6.07) is 16.0. The fourth-order valence-corrected chi connectivity index (χ4v) is 7.48. The first kappa shape index (κ1) is 23.5. The first-order valence-electron chi connectivity index (χ1n) is 12.4. The minimum atomic E-state index is -1.23. The molecule has 6 rings (SSSR count). The maximum atomic E-state index is 14.4. The van der Waals surface area contributed by atoms with Crippen LogP contribution in [0.25, 0.3) is 0 Å². The topological polar surface area (TPSA) is 96.4 Å². The lowest BCUT2D eigenvalue weighted by molar-refractivity contribution is -0.124. The number of likely N-dealkylation sites (tertiary alicyclic amines) is 1. The van der Waals surface area contributed by atoms with Crippen LogP contribution >= 0.6 is 0 Å². The first-order chi connectivity index (χ1) is 17.9. The number of nitrogens with zero attached hydrogens (tertiary/aromatic N) is 2. The van der Waals surface area contributed by atoms with Gasteiger partial charge in [0.25, 0.3) is 5.91 Å². The number of carbonyl (C=O) groups is 3. The molecule has 4 bridgehead atoms. The molecule has 8 nitrogen and oxygen atoms in total. The van der Waals surface area contributed by atoms with E-state index in [2.05, 4.69) is 6.58 Å². The van der Waals surface area contributed by atoms with E-state index in [1.165, 1.54) is 7.11 Å². The summed E-state index contributed by atoms with van der Waals surface area (Å²) in [7, 11) is 1.32. The monoisotopic (exact) mass is 500 g/mol. The second kappa shape index (κ2) is 8.31. The smallest absolute Gasteiger partial charge is 0.421 e. The van der Waals surface area contributed by atoms with E-state index in [0.29, 0.717) is 17.8 Å². The molecule has 0 radical (unpaired) electrons. The summed E-state index contributed by atoms with van der Waals surface area (Å²) in [5.74, 6) is -1.27. The molecule has 2 aromatic carbocycles. The average Bonchev–Trinajstić information content (AvgIpc) is 3.47. The molecule has 3 amide bonds. The van der Waals surface area contributed by atoms with Crippen LogP contribution in [0, 0.1) is 23.2 Å². The lowest BCUT2D eigenvalue weighted by Crippen LogP contribution is -2.53. The Bertz CT molecular complexity index is 1320. The van der Waals surface area contributed by atoms with Crippen molar-refractivity contribution in [2.45, 2.75) is 18.1 Å². The number of amides is 3. The van der Waals surface area contributed by atoms with E-state index in [9.17, 15) is 19.5 Å². The van der Waals surface area contributed by atoms with E-state index in [1.54, 1.807) is 17.0 Å². The molecule has 190 valence electrons. The van der Waals surface area contributed by atoms with Gasteiger partial charge in [-0.2, -0.15) is 0 Å². The van der Waals surface area contributed by atoms with Crippen molar-refractivity contribution < 1.29 is 29.0 Å². The number of hydrogen-bond acceptors (Lipinski definition) is 6. The van der Waals surface area contributed by atoms with E-state index in [-0.39, 0.29) is 25.0 Å². The molecule has 2 aromatic rings. The molecule has 6 atom stereocenters. The molecule has 1 saturated carbocycles. The van der Waals surface area contributed by atoms with Crippen molar-refractivity contribution in [3.63, 3.8) is 0 Å². The summed E-state index contributed by atoms with van der Waals surface area (Å²) in [6.45, 7) is 4.32. The van der Waals surface area contributed by atoms with Crippen LogP contribution in [-0.2, 0) is 26.3 Å². The zero-order valence-corrected chi connectivity index (χ0v) is 20.4. The number of aliphatic hydroxyl groups excluding tert-OH is 1. The summed E-state index contributed by atoms with van der Waals surface area (Å²) < 4.78 is 10.7. The Morgan fingerprint density at radius 1 is 1.14 bits per heavy atom. The highest BCUT2D eigenvalue weighted by atomic mass is 16.6. The number of methoxy groups -OCH3 is 1. The van der Waals surface area contributed by atoms with Gasteiger partial charge in [-0.3, -0.25) is 4.79 Å². The third kappa shape index (κ3) is 2.90. The number of fused-ring (bicyclic) bond motifs is 2. The second-order valence-corrected chi connectivity index (χ2v) is 10.2. The number of imide groups is 1. The van der Waals surface area contributed by atoms with E-state index >= 15 is 0 Å². The molecular formula is C29H28N2O6. The van der Waals surface area contributed by atoms with E-state index < -0.39 is 40.9 Å². The Kier molecular flexibility index (Phi) is 5.28. The van der Waals surface area contributed by atoms with Crippen molar-refractivity contribution in [3.05, 3.63) is 90.5 Å². The number of aliphatic hydroxyl groups is 1. The van der Waals surface area contributed by atoms with Gasteiger partial charge >= 0.3 is 12.2 Å². The summed E-state index contributed by atoms with van der Waals surface area (Å²) in [4.78, 5) is 43.4. The molecule has 2 aliphatic carbocycles. The molecular weight excluding hydrogens is 472 g/mol. The molecule has 8 heteroatoms. The van der Waals surface area contributed by atoms with Crippen molar-refractivity contribution in [1.82, 2.24) is 4.90 Å². The van der Waals surface area contributed by atoms with Crippen molar-refractivity contribution in [2.24, 2.45) is 23.2 Å². The largest absolute Gasteiger partial charge is 0.453 e. The minimum Gasteiger partial charge on any atom is -0.453 e. The van der Waals surface area contributed by atoms with Crippen LogP contribution in [0.4, 0.5) is 15.3 Å². The molecule has 37 heavy (non-hydrogen) atoms. The number of allylic oxidation sites excluding steroid dienone is 1. The Hall–Kier alpha value is -3.91. The third-order valence-corrected chi connectivity index (χ3v) is 8.84. The van der Waals surface area contributed by atoms with Crippen LogP contribution in [0.1, 0.15) is 11.1 Å².